The van der Waals surface area contributed by atoms with Gasteiger partial charge in [0.25, 0.3) is 5.91 Å². The third-order valence-corrected chi connectivity index (χ3v) is 3.88. The molecule has 2 aromatic carbocycles. The van der Waals surface area contributed by atoms with E-state index in [2.05, 4.69) is 10.6 Å². The topological polar surface area (TPSA) is 67.4 Å². The van der Waals surface area contributed by atoms with Gasteiger partial charge in [0.15, 0.2) is 6.61 Å². The van der Waals surface area contributed by atoms with Crippen LogP contribution in [0.15, 0.2) is 36.4 Å². The molecule has 0 unspecified atom stereocenters. The highest BCUT2D eigenvalue weighted by molar-refractivity contribution is 5.95. The van der Waals surface area contributed by atoms with E-state index in [1.54, 1.807) is 0 Å². The molecule has 0 aromatic heterocycles. The minimum absolute atomic E-state index is 0.0944. The minimum Gasteiger partial charge on any atom is -0.484 e. The summed E-state index contributed by atoms with van der Waals surface area (Å²) in [4.78, 5) is 23.9. The van der Waals surface area contributed by atoms with Crippen molar-refractivity contribution in [2.45, 2.75) is 27.7 Å². The van der Waals surface area contributed by atoms with Gasteiger partial charge in [0.2, 0.25) is 5.91 Å². The number of hydrogen-bond donors (Lipinski definition) is 2. The molecule has 0 saturated carbocycles. The number of hydrogen-bond acceptors (Lipinski definition) is 3. The smallest absolute Gasteiger partial charge is 0.258 e. The van der Waals surface area contributed by atoms with Crippen molar-refractivity contribution in [2.75, 3.05) is 18.5 Å². The number of para-hydroxylation sites is 1. The zero-order valence-electron chi connectivity index (χ0n) is 15.1. The van der Waals surface area contributed by atoms with Crippen LogP contribution in [0.5, 0.6) is 5.75 Å². The Morgan fingerprint density at radius 3 is 2.24 bits per heavy atom. The van der Waals surface area contributed by atoms with Gasteiger partial charge < -0.3 is 15.4 Å². The molecular weight excluding hydrogens is 316 g/mol. The van der Waals surface area contributed by atoms with Crippen molar-refractivity contribution in [1.29, 1.82) is 0 Å². The average Bonchev–Trinajstić information content (AvgIpc) is 2.55. The van der Waals surface area contributed by atoms with E-state index in [0.717, 1.165) is 27.9 Å². The van der Waals surface area contributed by atoms with Crippen LogP contribution in [-0.4, -0.2) is 25.0 Å². The number of carbonyl (C=O) groups excluding carboxylic acids is 2. The van der Waals surface area contributed by atoms with Crippen molar-refractivity contribution in [3.05, 3.63) is 58.7 Å². The number of nitrogens with one attached hydrogen (secondary N) is 2. The second kappa shape index (κ2) is 8.33. The number of amides is 2. The Morgan fingerprint density at radius 2 is 1.60 bits per heavy atom. The largest absolute Gasteiger partial charge is 0.484 e. The fourth-order valence-corrected chi connectivity index (χ4v) is 2.53. The molecule has 5 nitrogen and oxygen atoms in total. The van der Waals surface area contributed by atoms with E-state index in [9.17, 15) is 9.59 Å². The molecule has 2 N–H and O–H groups in total. The fraction of sp³-hybridized carbons (Fsp3) is 0.300. The maximum absolute atomic E-state index is 12.0. The lowest BCUT2D eigenvalue weighted by molar-refractivity contribution is -0.125. The maximum Gasteiger partial charge on any atom is 0.258 e. The van der Waals surface area contributed by atoms with Crippen LogP contribution in [0, 0.1) is 27.7 Å². The molecule has 0 radical (unpaired) electrons. The Morgan fingerprint density at radius 1 is 0.920 bits per heavy atom. The van der Waals surface area contributed by atoms with Gasteiger partial charge in [-0.15, -0.1) is 0 Å². The molecule has 0 spiro atoms. The Labute approximate surface area is 148 Å². The Hall–Kier alpha value is -2.82. The molecule has 0 fully saturated rings. The predicted molar refractivity (Wildman–Crippen MR) is 99.0 cm³/mol. The highest BCUT2D eigenvalue weighted by Crippen LogP contribution is 2.19. The monoisotopic (exact) mass is 340 g/mol. The molecule has 132 valence electrons. The standard InChI is InChI=1S/C20H24N2O3/c1-13-8-9-17(16(4)10-13)25-12-19(24)21-11-18(23)22-20-14(2)6-5-7-15(20)3/h5-10H,11-12H2,1-4H3,(H,21,24)(H,22,23). The molecule has 0 atom stereocenters. The first kappa shape index (κ1) is 18.5. The Kier molecular flexibility index (Phi) is 6.17. The summed E-state index contributed by atoms with van der Waals surface area (Å²) in [7, 11) is 0. The molecule has 0 aliphatic rings. The van der Waals surface area contributed by atoms with Crippen LogP contribution in [0.1, 0.15) is 22.3 Å². The Balaban J connectivity index is 1.80. The van der Waals surface area contributed by atoms with E-state index in [1.165, 1.54) is 0 Å². The highest BCUT2D eigenvalue weighted by atomic mass is 16.5. The van der Waals surface area contributed by atoms with Gasteiger partial charge in [-0.05, 0) is 50.5 Å². The Bertz CT molecular complexity index is 764. The van der Waals surface area contributed by atoms with Crippen LogP contribution >= 0.6 is 0 Å². The lowest BCUT2D eigenvalue weighted by atomic mass is 10.1. The van der Waals surface area contributed by atoms with Crippen LogP contribution < -0.4 is 15.4 Å². The van der Waals surface area contributed by atoms with E-state index in [1.807, 2.05) is 64.1 Å². The summed E-state index contributed by atoms with van der Waals surface area (Å²) in [6.45, 7) is 7.57. The van der Waals surface area contributed by atoms with Gasteiger partial charge in [0.05, 0.1) is 6.54 Å². The van der Waals surface area contributed by atoms with Crippen LogP contribution in [0.4, 0.5) is 5.69 Å². The van der Waals surface area contributed by atoms with Crippen LogP contribution in [0.25, 0.3) is 0 Å². The molecule has 0 heterocycles. The second-order valence-electron chi connectivity index (χ2n) is 6.15. The average molecular weight is 340 g/mol. The number of carbonyl (C=O) groups is 2. The van der Waals surface area contributed by atoms with Crippen LogP contribution in [-0.2, 0) is 9.59 Å². The normalized spacial score (nSPS) is 10.2. The third kappa shape index (κ3) is 5.35. The van der Waals surface area contributed by atoms with Crippen molar-refractivity contribution in [1.82, 2.24) is 5.32 Å². The van der Waals surface area contributed by atoms with Gasteiger partial charge in [-0.25, -0.2) is 0 Å². The van der Waals surface area contributed by atoms with Crippen molar-refractivity contribution >= 4 is 17.5 Å². The fourth-order valence-electron chi connectivity index (χ4n) is 2.53. The number of rotatable bonds is 6. The molecule has 0 bridgehead atoms. The van der Waals surface area contributed by atoms with E-state index in [4.69, 9.17) is 4.74 Å². The van der Waals surface area contributed by atoms with Crippen molar-refractivity contribution in [2.24, 2.45) is 0 Å². The number of benzene rings is 2. The minimum atomic E-state index is -0.336. The van der Waals surface area contributed by atoms with E-state index < -0.39 is 0 Å². The van der Waals surface area contributed by atoms with Crippen LogP contribution in [0.3, 0.4) is 0 Å². The first-order valence-corrected chi connectivity index (χ1v) is 8.19. The zero-order valence-corrected chi connectivity index (χ0v) is 15.1. The summed E-state index contributed by atoms with van der Waals surface area (Å²) in [5, 5.41) is 5.40. The molecule has 2 aromatic rings. The van der Waals surface area contributed by atoms with Gasteiger partial charge in [0.1, 0.15) is 5.75 Å². The molecule has 0 saturated heterocycles. The summed E-state index contributed by atoms with van der Waals surface area (Å²) in [5.74, 6) is 0.0645. The molecule has 2 amide bonds. The summed E-state index contributed by atoms with van der Waals surface area (Å²) in [6, 6.07) is 11.6. The van der Waals surface area contributed by atoms with E-state index in [-0.39, 0.29) is 25.0 Å². The predicted octanol–water partition coefficient (Wildman–Crippen LogP) is 3.05. The first-order valence-electron chi connectivity index (χ1n) is 8.19. The maximum atomic E-state index is 12.0. The molecule has 5 heteroatoms. The molecule has 0 aliphatic heterocycles. The molecule has 0 aliphatic carbocycles. The number of aryl methyl sites for hydroxylation is 4. The van der Waals surface area contributed by atoms with Crippen molar-refractivity contribution < 1.29 is 14.3 Å². The quantitative estimate of drug-likeness (QED) is 0.849. The third-order valence-electron chi connectivity index (χ3n) is 3.88. The van der Waals surface area contributed by atoms with Gasteiger partial charge >= 0.3 is 0 Å². The molecular formula is C20H24N2O3. The van der Waals surface area contributed by atoms with Gasteiger partial charge in [-0.3, -0.25) is 9.59 Å². The highest BCUT2D eigenvalue weighted by Gasteiger charge is 2.10. The summed E-state index contributed by atoms with van der Waals surface area (Å²) < 4.78 is 5.50. The van der Waals surface area contributed by atoms with Crippen LogP contribution in [0.2, 0.25) is 0 Å². The summed E-state index contributed by atoms with van der Waals surface area (Å²) in [6.07, 6.45) is 0. The van der Waals surface area contributed by atoms with Gasteiger partial charge in [-0.1, -0.05) is 35.9 Å². The van der Waals surface area contributed by atoms with Gasteiger partial charge in [0, 0.05) is 5.69 Å². The summed E-state index contributed by atoms with van der Waals surface area (Å²) in [5.41, 5.74) is 4.86. The SMILES string of the molecule is Cc1ccc(OCC(=O)NCC(=O)Nc2c(C)cccc2C)c(C)c1. The molecule has 2 rings (SSSR count). The zero-order chi connectivity index (χ0) is 18.4. The van der Waals surface area contributed by atoms with E-state index >= 15 is 0 Å². The van der Waals surface area contributed by atoms with Crippen molar-refractivity contribution in [3.63, 3.8) is 0 Å². The number of anilines is 1. The second-order valence-corrected chi connectivity index (χ2v) is 6.15. The van der Waals surface area contributed by atoms with Gasteiger partial charge in [-0.2, -0.15) is 0 Å². The lowest BCUT2D eigenvalue weighted by Gasteiger charge is -2.12. The lowest BCUT2D eigenvalue weighted by Crippen LogP contribution is -2.36. The number of ether oxygens (including phenoxy) is 1. The van der Waals surface area contributed by atoms with E-state index in [0.29, 0.717) is 5.75 Å². The first-order chi connectivity index (χ1) is 11.9. The van der Waals surface area contributed by atoms with Crippen molar-refractivity contribution in [3.8, 4) is 5.75 Å². The summed E-state index contributed by atoms with van der Waals surface area (Å²) >= 11 is 0. The molecule has 25 heavy (non-hydrogen) atoms.